The highest BCUT2D eigenvalue weighted by Gasteiger charge is 2.55. The van der Waals surface area contributed by atoms with Gasteiger partial charge in [-0.1, -0.05) is 38.6 Å². The second-order valence-electron chi connectivity index (χ2n) is 4.09. The van der Waals surface area contributed by atoms with Gasteiger partial charge in [0.15, 0.2) is 0 Å². The van der Waals surface area contributed by atoms with E-state index in [1.807, 2.05) is 0 Å². The van der Waals surface area contributed by atoms with E-state index in [2.05, 4.69) is 31.2 Å². The Kier molecular flexibility index (Phi) is 2.00. The lowest BCUT2D eigenvalue weighted by Crippen LogP contribution is -1.96. The zero-order valence-electron chi connectivity index (χ0n) is 7.30. The zero-order valence-corrected chi connectivity index (χ0v) is 8.30. The van der Waals surface area contributed by atoms with Crippen LogP contribution in [-0.4, -0.2) is 0 Å². The van der Waals surface area contributed by atoms with E-state index in [1.54, 1.807) is 11.1 Å². The average molecular weight is 192 g/mol. The van der Waals surface area contributed by atoms with E-state index in [1.165, 1.54) is 12.6 Å². The lowest BCUT2D eigenvalue weighted by molar-refractivity contribution is 0.869. The lowest BCUT2D eigenvalue weighted by atomic mass is 10.0. The molecule has 1 saturated carbocycles. The molecular weight excluding hydrogens is 175 g/mol. The third-order valence-corrected chi connectivity index (χ3v) is 5.56. The molecule has 1 unspecified atom stereocenters. The van der Waals surface area contributed by atoms with Crippen LogP contribution < -0.4 is 0 Å². The van der Waals surface area contributed by atoms with Crippen molar-refractivity contribution in [3.63, 3.8) is 0 Å². The molecule has 0 saturated heterocycles. The normalized spacial score (nSPS) is 35.9. The predicted octanol–water partition coefficient (Wildman–Crippen LogP) is 3.75. The highest BCUT2D eigenvalue weighted by Crippen LogP contribution is 2.70. The van der Waals surface area contributed by atoms with E-state index >= 15 is 0 Å². The number of benzene rings is 1. The van der Waals surface area contributed by atoms with Gasteiger partial charge in [0.1, 0.15) is 0 Å². The summed E-state index contributed by atoms with van der Waals surface area (Å²) in [6.07, 6.45) is 2.79. The minimum atomic E-state index is 0. The van der Waals surface area contributed by atoms with Gasteiger partial charge in [0.05, 0.1) is 0 Å². The van der Waals surface area contributed by atoms with Crippen molar-refractivity contribution in [3.05, 3.63) is 35.4 Å². The van der Waals surface area contributed by atoms with Crippen LogP contribution in [0.25, 0.3) is 0 Å². The van der Waals surface area contributed by atoms with Crippen molar-refractivity contribution in [3.8, 4) is 0 Å². The summed E-state index contributed by atoms with van der Waals surface area (Å²) in [5, 5.41) is 0.663. The van der Waals surface area contributed by atoms with Gasteiger partial charge in [-0.05, 0) is 29.6 Å². The van der Waals surface area contributed by atoms with E-state index in [0.29, 0.717) is 5.16 Å². The molecule has 1 aliphatic carbocycles. The second-order valence-corrected chi connectivity index (χ2v) is 5.69. The fraction of sp³-hybridized carbons (Fsp3) is 0.500. The monoisotopic (exact) mass is 192 g/mol. The van der Waals surface area contributed by atoms with Crippen molar-refractivity contribution in [2.45, 2.75) is 32.1 Å². The molecule has 3 atom stereocenters. The highest BCUT2D eigenvalue weighted by atomic mass is 31.1. The number of hydrogen-bond acceptors (Lipinski definition) is 0. The molecule has 1 spiro atoms. The van der Waals surface area contributed by atoms with Gasteiger partial charge in [0, 0.05) is 5.16 Å². The van der Waals surface area contributed by atoms with Crippen molar-refractivity contribution >= 4 is 8.58 Å². The van der Waals surface area contributed by atoms with Crippen molar-refractivity contribution in [2.24, 2.45) is 5.92 Å². The van der Waals surface area contributed by atoms with Gasteiger partial charge in [-0.3, -0.25) is 0 Å². The molecule has 70 valence electrons. The third-order valence-electron chi connectivity index (χ3n) is 3.40. The van der Waals surface area contributed by atoms with E-state index in [0.717, 1.165) is 14.5 Å². The third kappa shape index (κ3) is 1.08. The van der Waals surface area contributed by atoms with E-state index in [-0.39, 0.29) is 7.43 Å². The smallest absolute Gasteiger partial charge is 0.0161 e. The van der Waals surface area contributed by atoms with Crippen LogP contribution in [0.3, 0.4) is 0 Å². The molecular formula is C12H17P. The molecule has 0 amide bonds. The fourth-order valence-corrected chi connectivity index (χ4v) is 4.55. The number of fused-ring (bicyclic) bond motifs is 2. The summed E-state index contributed by atoms with van der Waals surface area (Å²) in [4.78, 5) is 0. The fourth-order valence-electron chi connectivity index (χ4n) is 2.50. The molecule has 1 aliphatic heterocycles. The largest absolute Gasteiger partial charge is 0.106 e. The molecule has 0 nitrogen and oxygen atoms in total. The van der Waals surface area contributed by atoms with Gasteiger partial charge in [-0.2, -0.15) is 0 Å². The van der Waals surface area contributed by atoms with Gasteiger partial charge in [-0.25, -0.2) is 0 Å². The molecule has 1 heteroatoms. The minimum Gasteiger partial charge on any atom is -0.106 e. The molecule has 0 bridgehead atoms. The summed E-state index contributed by atoms with van der Waals surface area (Å²) in [5.41, 5.74) is 3.30. The van der Waals surface area contributed by atoms with E-state index in [9.17, 15) is 0 Å². The quantitative estimate of drug-likeness (QED) is 0.549. The SMILES string of the molecule is C.C[C@H]1C[C@]12PCc1ccccc12. The van der Waals surface area contributed by atoms with Crippen molar-refractivity contribution < 1.29 is 0 Å². The first-order valence-corrected chi connectivity index (χ1v) is 5.87. The molecule has 0 N–H and O–H groups in total. The maximum absolute atomic E-state index is 2.40. The Morgan fingerprint density at radius 2 is 2.08 bits per heavy atom. The summed E-state index contributed by atoms with van der Waals surface area (Å²) < 4.78 is 0. The Morgan fingerprint density at radius 1 is 1.38 bits per heavy atom. The summed E-state index contributed by atoms with van der Waals surface area (Å²) in [6.45, 7) is 2.40. The summed E-state index contributed by atoms with van der Waals surface area (Å²) in [6, 6.07) is 9.03. The molecule has 1 heterocycles. The minimum absolute atomic E-state index is 0. The van der Waals surface area contributed by atoms with Crippen molar-refractivity contribution in [1.29, 1.82) is 0 Å². The van der Waals surface area contributed by atoms with Crippen LogP contribution >= 0.6 is 8.58 Å². The maximum atomic E-state index is 2.40. The Labute approximate surface area is 82.5 Å². The van der Waals surface area contributed by atoms with Crippen LogP contribution in [0, 0.1) is 5.92 Å². The van der Waals surface area contributed by atoms with Gasteiger partial charge in [0.25, 0.3) is 0 Å². The first kappa shape index (κ1) is 9.21. The van der Waals surface area contributed by atoms with Crippen molar-refractivity contribution in [1.82, 2.24) is 0 Å². The van der Waals surface area contributed by atoms with Gasteiger partial charge < -0.3 is 0 Å². The predicted molar refractivity (Wildman–Crippen MR) is 60.7 cm³/mol. The molecule has 1 fully saturated rings. The molecule has 3 rings (SSSR count). The Bertz CT molecular complexity index is 332. The number of hydrogen-bond donors (Lipinski definition) is 0. The molecule has 0 radical (unpaired) electrons. The molecule has 1 aromatic rings. The average Bonchev–Trinajstić information content (AvgIpc) is 2.58. The van der Waals surface area contributed by atoms with E-state index < -0.39 is 0 Å². The molecule has 13 heavy (non-hydrogen) atoms. The topological polar surface area (TPSA) is 0 Å². The summed E-state index contributed by atoms with van der Waals surface area (Å²) in [5.74, 6) is 0.958. The maximum Gasteiger partial charge on any atom is 0.0161 e. The van der Waals surface area contributed by atoms with Gasteiger partial charge >= 0.3 is 0 Å². The highest BCUT2D eigenvalue weighted by molar-refractivity contribution is 7.39. The van der Waals surface area contributed by atoms with E-state index in [4.69, 9.17) is 0 Å². The molecule has 2 aliphatic rings. The number of rotatable bonds is 0. The summed E-state index contributed by atoms with van der Waals surface area (Å²) in [7, 11) is 1.16. The van der Waals surface area contributed by atoms with Crippen LogP contribution in [0.15, 0.2) is 24.3 Å². The second kappa shape index (κ2) is 2.82. The Morgan fingerprint density at radius 3 is 2.77 bits per heavy atom. The molecule has 1 aromatic carbocycles. The van der Waals surface area contributed by atoms with Crippen LogP contribution in [0.2, 0.25) is 0 Å². The Hall–Kier alpha value is -0.350. The summed E-state index contributed by atoms with van der Waals surface area (Å²) >= 11 is 0. The van der Waals surface area contributed by atoms with Gasteiger partial charge in [0.2, 0.25) is 0 Å². The van der Waals surface area contributed by atoms with Crippen LogP contribution in [0.5, 0.6) is 0 Å². The van der Waals surface area contributed by atoms with Crippen molar-refractivity contribution in [2.75, 3.05) is 0 Å². The van der Waals surface area contributed by atoms with Crippen LogP contribution in [-0.2, 0) is 11.3 Å². The van der Waals surface area contributed by atoms with Gasteiger partial charge in [-0.15, -0.1) is 8.58 Å². The first-order chi connectivity index (χ1) is 5.83. The van der Waals surface area contributed by atoms with Crippen LogP contribution in [0.4, 0.5) is 0 Å². The standard InChI is InChI=1S/C11H13P.CH4/c1-8-6-11(8)10-5-3-2-4-9(10)7-12-11;/h2-5,8,12H,6-7H2,1H3;1H4/t8-,11-;/m0./s1. The Balaban J connectivity index is 0.000000653. The zero-order chi connectivity index (χ0) is 8.18. The van der Waals surface area contributed by atoms with Crippen LogP contribution in [0.1, 0.15) is 31.9 Å². The molecule has 0 aromatic heterocycles. The first-order valence-electron chi connectivity index (χ1n) is 4.66. The lowest BCUT2D eigenvalue weighted by Gasteiger charge is -2.08.